The smallest absolute Gasteiger partial charge is 0.337 e. The number of rotatable bonds is 2. The molecule has 1 aliphatic rings. The number of piperidine rings is 1. The van der Waals surface area contributed by atoms with E-state index in [1.54, 1.807) is 12.1 Å². The first-order valence-electron chi connectivity index (χ1n) is 5.47. The molecule has 1 atom stereocenters. The molecule has 0 bridgehead atoms. The van der Waals surface area contributed by atoms with Crippen LogP contribution in [-0.2, 0) is 4.79 Å². The topological polar surface area (TPSA) is 60.8 Å². The Kier molecular flexibility index (Phi) is 3.26. The van der Waals surface area contributed by atoms with Gasteiger partial charge in [-0.15, -0.1) is 0 Å². The molecule has 0 radical (unpaired) electrons. The van der Waals surface area contributed by atoms with E-state index in [4.69, 9.17) is 16.7 Å². The van der Waals surface area contributed by atoms with Crippen molar-refractivity contribution in [3.63, 3.8) is 0 Å². The van der Waals surface area contributed by atoms with E-state index >= 15 is 0 Å². The summed E-state index contributed by atoms with van der Waals surface area (Å²) in [5, 5.41) is 19.6. The minimum absolute atomic E-state index is 0.0999. The predicted octanol–water partition coefficient (Wildman–Crippen LogP) is 1.76. The summed E-state index contributed by atoms with van der Waals surface area (Å²) in [5.41, 5.74) is -0.808. The Morgan fingerprint density at radius 3 is 2.88 bits per heavy atom. The minimum atomic E-state index is -1.65. The second kappa shape index (κ2) is 4.55. The van der Waals surface area contributed by atoms with Crippen molar-refractivity contribution in [2.45, 2.75) is 18.4 Å². The van der Waals surface area contributed by atoms with Gasteiger partial charge in [0.15, 0.2) is 5.60 Å². The highest BCUT2D eigenvalue weighted by molar-refractivity contribution is 6.30. The highest BCUT2D eigenvalue weighted by Gasteiger charge is 2.40. The third-order valence-electron chi connectivity index (χ3n) is 3.04. The summed E-state index contributed by atoms with van der Waals surface area (Å²) in [7, 11) is 0. The molecule has 0 spiro atoms. The lowest BCUT2D eigenvalue weighted by Gasteiger charge is -2.37. The molecule has 0 amide bonds. The van der Waals surface area contributed by atoms with Gasteiger partial charge in [-0.1, -0.05) is 17.7 Å². The van der Waals surface area contributed by atoms with Gasteiger partial charge in [0.25, 0.3) is 0 Å². The van der Waals surface area contributed by atoms with Crippen LogP contribution < -0.4 is 4.90 Å². The van der Waals surface area contributed by atoms with Crippen molar-refractivity contribution >= 4 is 23.3 Å². The molecular formula is C12H14ClNO3. The molecule has 17 heavy (non-hydrogen) atoms. The average molecular weight is 256 g/mol. The number of anilines is 1. The normalized spacial score (nSPS) is 24.7. The minimum Gasteiger partial charge on any atom is -0.479 e. The van der Waals surface area contributed by atoms with Crippen LogP contribution in [0.15, 0.2) is 24.3 Å². The first kappa shape index (κ1) is 12.2. The Hall–Kier alpha value is -1.26. The maximum Gasteiger partial charge on any atom is 0.337 e. The second-order valence-electron chi connectivity index (χ2n) is 4.34. The van der Waals surface area contributed by atoms with Gasteiger partial charge in [-0.3, -0.25) is 0 Å². The molecule has 0 aliphatic carbocycles. The second-order valence-corrected chi connectivity index (χ2v) is 4.78. The van der Waals surface area contributed by atoms with Crippen LogP contribution in [0.5, 0.6) is 0 Å². The van der Waals surface area contributed by atoms with Crippen molar-refractivity contribution < 1.29 is 15.0 Å². The largest absolute Gasteiger partial charge is 0.479 e. The van der Waals surface area contributed by atoms with Gasteiger partial charge < -0.3 is 15.1 Å². The Balaban J connectivity index is 2.20. The molecule has 1 aromatic rings. The van der Waals surface area contributed by atoms with Gasteiger partial charge >= 0.3 is 5.97 Å². The van der Waals surface area contributed by atoms with Crippen molar-refractivity contribution in [2.24, 2.45) is 0 Å². The van der Waals surface area contributed by atoms with E-state index in [0.29, 0.717) is 17.9 Å². The molecule has 1 heterocycles. The molecule has 2 rings (SSSR count). The molecule has 1 saturated heterocycles. The van der Waals surface area contributed by atoms with Crippen LogP contribution in [0.3, 0.4) is 0 Å². The van der Waals surface area contributed by atoms with Gasteiger partial charge in [-0.05, 0) is 31.0 Å². The van der Waals surface area contributed by atoms with Gasteiger partial charge in [0.2, 0.25) is 0 Å². The van der Waals surface area contributed by atoms with Crippen molar-refractivity contribution in [1.29, 1.82) is 0 Å². The number of carboxylic acid groups (broad SMARTS) is 1. The lowest BCUT2D eigenvalue weighted by molar-refractivity contribution is -0.159. The number of β-amino-alcohol motifs (C(OH)–C–C–N with tert-alkyl or cyclic N) is 1. The lowest BCUT2D eigenvalue weighted by atomic mass is 9.92. The first-order chi connectivity index (χ1) is 8.01. The number of nitrogens with zero attached hydrogens (tertiary/aromatic N) is 1. The Labute approximate surface area is 104 Å². The molecule has 1 unspecified atom stereocenters. The first-order valence-corrected chi connectivity index (χ1v) is 5.85. The zero-order chi connectivity index (χ0) is 12.5. The van der Waals surface area contributed by atoms with E-state index in [1.807, 2.05) is 17.0 Å². The predicted molar refractivity (Wildman–Crippen MR) is 65.5 cm³/mol. The SMILES string of the molecule is O=C(O)C1(O)CCCN(c2cccc(Cl)c2)C1. The molecule has 0 saturated carbocycles. The number of carbonyl (C=O) groups is 1. The maximum atomic E-state index is 11.0. The lowest BCUT2D eigenvalue weighted by Crippen LogP contribution is -2.53. The highest BCUT2D eigenvalue weighted by Crippen LogP contribution is 2.27. The summed E-state index contributed by atoms with van der Waals surface area (Å²) < 4.78 is 0. The zero-order valence-corrected chi connectivity index (χ0v) is 10.0. The molecule has 1 aliphatic heterocycles. The number of halogens is 1. The summed E-state index contributed by atoms with van der Waals surface area (Å²) in [5.74, 6) is -1.16. The van der Waals surface area contributed by atoms with Crippen LogP contribution in [0.2, 0.25) is 5.02 Å². The van der Waals surface area contributed by atoms with Gasteiger partial charge in [-0.2, -0.15) is 0 Å². The Bertz CT molecular complexity index is 438. The number of carboxylic acids is 1. The summed E-state index contributed by atoms with van der Waals surface area (Å²) >= 11 is 5.89. The Morgan fingerprint density at radius 2 is 2.24 bits per heavy atom. The molecule has 5 heteroatoms. The van der Waals surface area contributed by atoms with E-state index in [0.717, 1.165) is 12.2 Å². The standard InChI is InChI=1S/C12H14ClNO3/c13-9-3-1-4-10(7-9)14-6-2-5-12(17,8-14)11(15)16/h1,3-4,7,17H,2,5-6,8H2,(H,15,16). The average Bonchev–Trinajstić information content (AvgIpc) is 2.29. The van der Waals surface area contributed by atoms with E-state index in [1.165, 1.54) is 0 Å². The summed E-state index contributed by atoms with van der Waals surface area (Å²) in [6.07, 6.45) is 0.939. The fourth-order valence-corrected chi connectivity index (χ4v) is 2.29. The molecule has 1 aromatic carbocycles. The molecule has 4 nitrogen and oxygen atoms in total. The third kappa shape index (κ3) is 2.53. The van der Waals surface area contributed by atoms with Crippen LogP contribution in [-0.4, -0.2) is 34.9 Å². The molecular weight excluding hydrogens is 242 g/mol. The van der Waals surface area contributed by atoms with E-state index < -0.39 is 11.6 Å². The summed E-state index contributed by atoms with van der Waals surface area (Å²) in [6, 6.07) is 7.21. The molecule has 92 valence electrons. The summed E-state index contributed by atoms with van der Waals surface area (Å²) in [4.78, 5) is 12.9. The summed E-state index contributed by atoms with van der Waals surface area (Å²) in [6.45, 7) is 0.832. The highest BCUT2D eigenvalue weighted by atomic mass is 35.5. The van der Waals surface area contributed by atoms with Gasteiger partial charge in [0.05, 0.1) is 6.54 Å². The van der Waals surface area contributed by atoms with Crippen molar-refractivity contribution in [3.05, 3.63) is 29.3 Å². The van der Waals surface area contributed by atoms with Gasteiger partial charge in [-0.25, -0.2) is 4.79 Å². The quantitative estimate of drug-likeness (QED) is 0.845. The van der Waals surface area contributed by atoms with Crippen LogP contribution >= 0.6 is 11.6 Å². The molecule has 1 fully saturated rings. The number of benzene rings is 1. The van der Waals surface area contributed by atoms with Crippen molar-refractivity contribution in [3.8, 4) is 0 Å². The molecule has 2 N–H and O–H groups in total. The van der Waals surface area contributed by atoms with Gasteiger partial charge in [0, 0.05) is 17.3 Å². The number of hydrogen-bond acceptors (Lipinski definition) is 3. The van der Waals surface area contributed by atoms with Crippen molar-refractivity contribution in [1.82, 2.24) is 0 Å². The van der Waals surface area contributed by atoms with Crippen LogP contribution in [0.1, 0.15) is 12.8 Å². The Morgan fingerprint density at radius 1 is 1.47 bits per heavy atom. The van der Waals surface area contributed by atoms with Crippen LogP contribution in [0, 0.1) is 0 Å². The van der Waals surface area contributed by atoms with Crippen molar-refractivity contribution in [2.75, 3.05) is 18.0 Å². The fourth-order valence-electron chi connectivity index (χ4n) is 2.10. The zero-order valence-electron chi connectivity index (χ0n) is 9.27. The monoisotopic (exact) mass is 255 g/mol. The van der Waals surface area contributed by atoms with Gasteiger partial charge in [0.1, 0.15) is 0 Å². The van der Waals surface area contributed by atoms with Crippen LogP contribution in [0.25, 0.3) is 0 Å². The maximum absolute atomic E-state index is 11.0. The number of aliphatic hydroxyl groups is 1. The van der Waals surface area contributed by atoms with E-state index in [2.05, 4.69) is 0 Å². The van der Waals surface area contributed by atoms with E-state index in [9.17, 15) is 9.90 Å². The number of hydrogen-bond donors (Lipinski definition) is 2. The fraction of sp³-hybridized carbons (Fsp3) is 0.417. The third-order valence-corrected chi connectivity index (χ3v) is 3.28. The number of aliphatic carboxylic acids is 1. The molecule has 0 aromatic heterocycles. The van der Waals surface area contributed by atoms with E-state index in [-0.39, 0.29) is 6.54 Å². The van der Waals surface area contributed by atoms with Crippen LogP contribution in [0.4, 0.5) is 5.69 Å².